The van der Waals surface area contributed by atoms with Gasteiger partial charge in [-0.05, 0) is 12.1 Å². The fourth-order valence-corrected chi connectivity index (χ4v) is 1.42. The molecule has 2 heterocycles. The standard InChI is InChI=1S/C12H12N2O3/c1-16-12-13-7-9(8-14-12)11-5-4-10(17-11)3-2-6-15/h4-8H,2-3H2,1H3. The summed E-state index contributed by atoms with van der Waals surface area (Å²) in [6.45, 7) is 0. The average molecular weight is 232 g/mol. The maximum absolute atomic E-state index is 10.2. The first-order valence-electron chi connectivity index (χ1n) is 5.22. The molecule has 2 aromatic heterocycles. The summed E-state index contributed by atoms with van der Waals surface area (Å²) in [6.07, 6.45) is 5.22. The Balaban J connectivity index is 2.15. The molecule has 5 heteroatoms. The number of carbonyl (C=O) groups excluding carboxylic acids is 1. The summed E-state index contributed by atoms with van der Waals surface area (Å²) < 4.78 is 10.4. The number of aryl methyl sites for hydroxylation is 1. The molecular weight excluding hydrogens is 220 g/mol. The molecule has 0 bridgehead atoms. The molecule has 0 fully saturated rings. The number of carbonyl (C=O) groups is 1. The fourth-order valence-electron chi connectivity index (χ4n) is 1.42. The third-order valence-corrected chi connectivity index (χ3v) is 2.27. The Bertz CT molecular complexity index is 491. The monoisotopic (exact) mass is 232 g/mol. The molecule has 0 saturated carbocycles. The summed E-state index contributed by atoms with van der Waals surface area (Å²) in [7, 11) is 1.51. The number of methoxy groups -OCH3 is 1. The van der Waals surface area contributed by atoms with E-state index in [0.29, 0.717) is 24.6 Å². The molecule has 2 aromatic rings. The van der Waals surface area contributed by atoms with Crippen LogP contribution in [0.5, 0.6) is 6.01 Å². The molecule has 0 spiro atoms. The lowest BCUT2D eigenvalue weighted by Gasteiger charge is -1.98. The van der Waals surface area contributed by atoms with Crippen molar-refractivity contribution in [3.05, 3.63) is 30.3 Å². The molecule has 0 saturated heterocycles. The number of rotatable bonds is 5. The van der Waals surface area contributed by atoms with Crippen LogP contribution in [-0.2, 0) is 11.2 Å². The van der Waals surface area contributed by atoms with Crippen LogP contribution < -0.4 is 4.74 Å². The summed E-state index contributed by atoms with van der Waals surface area (Å²) in [5.74, 6) is 1.47. The molecule has 0 radical (unpaired) electrons. The summed E-state index contributed by atoms with van der Waals surface area (Å²) in [4.78, 5) is 18.2. The van der Waals surface area contributed by atoms with Crippen molar-refractivity contribution < 1.29 is 13.9 Å². The molecule has 0 aliphatic rings. The minimum absolute atomic E-state index is 0.321. The highest BCUT2D eigenvalue weighted by atomic mass is 16.5. The molecule has 17 heavy (non-hydrogen) atoms. The van der Waals surface area contributed by atoms with Gasteiger partial charge in [0.1, 0.15) is 17.8 Å². The van der Waals surface area contributed by atoms with E-state index in [2.05, 4.69) is 9.97 Å². The predicted octanol–water partition coefficient (Wildman–Crippen LogP) is 1.88. The molecular formula is C12H12N2O3. The highest BCUT2D eigenvalue weighted by molar-refractivity contribution is 5.55. The number of aromatic nitrogens is 2. The van der Waals surface area contributed by atoms with Gasteiger partial charge in [0.15, 0.2) is 0 Å². The van der Waals surface area contributed by atoms with E-state index in [9.17, 15) is 4.79 Å². The number of nitrogens with zero attached hydrogens (tertiary/aromatic N) is 2. The van der Waals surface area contributed by atoms with Crippen LogP contribution in [0.2, 0.25) is 0 Å². The van der Waals surface area contributed by atoms with E-state index in [1.165, 1.54) is 7.11 Å². The Kier molecular flexibility index (Phi) is 3.49. The summed E-state index contributed by atoms with van der Waals surface area (Å²) in [5.41, 5.74) is 0.781. The molecule has 0 unspecified atom stereocenters. The number of hydrogen-bond acceptors (Lipinski definition) is 5. The number of hydrogen-bond donors (Lipinski definition) is 0. The topological polar surface area (TPSA) is 65.2 Å². The van der Waals surface area contributed by atoms with Gasteiger partial charge in [0.2, 0.25) is 0 Å². The van der Waals surface area contributed by atoms with Crippen LogP contribution >= 0.6 is 0 Å². The van der Waals surface area contributed by atoms with Crippen LogP contribution in [-0.4, -0.2) is 23.4 Å². The van der Waals surface area contributed by atoms with Gasteiger partial charge in [-0.25, -0.2) is 9.97 Å². The van der Waals surface area contributed by atoms with Gasteiger partial charge in [-0.2, -0.15) is 0 Å². The quantitative estimate of drug-likeness (QED) is 0.736. The smallest absolute Gasteiger partial charge is 0.316 e. The summed E-state index contributed by atoms with van der Waals surface area (Å²) in [5, 5.41) is 0. The Morgan fingerprint density at radius 3 is 2.76 bits per heavy atom. The second-order valence-electron chi connectivity index (χ2n) is 3.43. The van der Waals surface area contributed by atoms with Gasteiger partial charge in [0, 0.05) is 25.2 Å². The third kappa shape index (κ3) is 2.69. The Labute approximate surface area is 98.5 Å². The van der Waals surface area contributed by atoms with E-state index in [1.807, 2.05) is 12.1 Å². The van der Waals surface area contributed by atoms with Crippen molar-refractivity contribution in [3.63, 3.8) is 0 Å². The Morgan fingerprint density at radius 2 is 2.12 bits per heavy atom. The fraction of sp³-hybridized carbons (Fsp3) is 0.250. The first-order chi connectivity index (χ1) is 8.33. The lowest BCUT2D eigenvalue weighted by molar-refractivity contribution is -0.107. The zero-order valence-electron chi connectivity index (χ0n) is 9.42. The highest BCUT2D eigenvalue weighted by Gasteiger charge is 2.06. The molecule has 0 aliphatic carbocycles. The summed E-state index contributed by atoms with van der Waals surface area (Å²) >= 11 is 0. The van der Waals surface area contributed by atoms with E-state index in [-0.39, 0.29) is 0 Å². The minimum Gasteiger partial charge on any atom is -0.467 e. The second kappa shape index (κ2) is 5.25. The number of furan rings is 1. The van der Waals surface area contributed by atoms with E-state index in [1.54, 1.807) is 12.4 Å². The summed E-state index contributed by atoms with van der Waals surface area (Å²) in [6, 6.07) is 4.01. The second-order valence-corrected chi connectivity index (χ2v) is 3.43. The van der Waals surface area contributed by atoms with Gasteiger partial charge in [0.05, 0.1) is 12.7 Å². The van der Waals surface area contributed by atoms with Crippen molar-refractivity contribution in [3.8, 4) is 17.3 Å². The predicted molar refractivity (Wildman–Crippen MR) is 60.7 cm³/mol. The SMILES string of the molecule is COc1ncc(-c2ccc(CCC=O)o2)cn1. The maximum Gasteiger partial charge on any atom is 0.316 e. The molecule has 0 aliphatic heterocycles. The molecule has 0 aromatic carbocycles. The Morgan fingerprint density at radius 1 is 1.35 bits per heavy atom. The van der Waals surface area contributed by atoms with Gasteiger partial charge in [0.25, 0.3) is 0 Å². The van der Waals surface area contributed by atoms with Crippen molar-refractivity contribution in [2.24, 2.45) is 0 Å². The van der Waals surface area contributed by atoms with E-state index in [4.69, 9.17) is 9.15 Å². The molecule has 0 amide bonds. The van der Waals surface area contributed by atoms with Crippen molar-refractivity contribution in [2.45, 2.75) is 12.8 Å². The van der Waals surface area contributed by atoms with Crippen LogP contribution in [0.4, 0.5) is 0 Å². The van der Waals surface area contributed by atoms with Crippen molar-refractivity contribution >= 4 is 6.29 Å². The molecule has 0 N–H and O–H groups in total. The first-order valence-corrected chi connectivity index (χ1v) is 5.22. The van der Waals surface area contributed by atoms with Crippen molar-refractivity contribution in [1.29, 1.82) is 0 Å². The van der Waals surface area contributed by atoms with Crippen LogP contribution in [0, 0.1) is 0 Å². The van der Waals surface area contributed by atoms with E-state index >= 15 is 0 Å². The highest BCUT2D eigenvalue weighted by Crippen LogP contribution is 2.21. The van der Waals surface area contributed by atoms with E-state index < -0.39 is 0 Å². The average Bonchev–Trinajstić information content (AvgIpc) is 2.85. The molecule has 5 nitrogen and oxygen atoms in total. The third-order valence-electron chi connectivity index (χ3n) is 2.27. The molecule has 88 valence electrons. The lowest BCUT2D eigenvalue weighted by Crippen LogP contribution is -1.90. The van der Waals surface area contributed by atoms with Crippen LogP contribution in [0.3, 0.4) is 0 Å². The Hall–Kier alpha value is -2.17. The zero-order chi connectivity index (χ0) is 12.1. The molecule has 2 rings (SSSR count). The van der Waals surface area contributed by atoms with Crippen LogP contribution in [0.15, 0.2) is 28.9 Å². The normalized spacial score (nSPS) is 10.2. The van der Waals surface area contributed by atoms with Crippen molar-refractivity contribution in [1.82, 2.24) is 9.97 Å². The first kappa shape index (κ1) is 11.3. The van der Waals surface area contributed by atoms with E-state index in [0.717, 1.165) is 17.6 Å². The molecule has 0 atom stereocenters. The largest absolute Gasteiger partial charge is 0.467 e. The van der Waals surface area contributed by atoms with Gasteiger partial charge in [-0.15, -0.1) is 0 Å². The van der Waals surface area contributed by atoms with Crippen LogP contribution in [0.25, 0.3) is 11.3 Å². The van der Waals surface area contributed by atoms with Crippen LogP contribution in [0.1, 0.15) is 12.2 Å². The maximum atomic E-state index is 10.2. The van der Waals surface area contributed by atoms with Gasteiger partial charge >= 0.3 is 6.01 Å². The number of ether oxygens (including phenoxy) is 1. The van der Waals surface area contributed by atoms with Gasteiger partial charge < -0.3 is 13.9 Å². The van der Waals surface area contributed by atoms with Gasteiger partial charge in [-0.1, -0.05) is 0 Å². The van der Waals surface area contributed by atoms with Crippen molar-refractivity contribution in [2.75, 3.05) is 7.11 Å². The minimum atomic E-state index is 0.321. The zero-order valence-corrected chi connectivity index (χ0v) is 9.42. The number of aldehydes is 1. The van der Waals surface area contributed by atoms with Gasteiger partial charge in [-0.3, -0.25) is 0 Å². The lowest BCUT2D eigenvalue weighted by atomic mass is 10.2.